The van der Waals surface area contributed by atoms with Crippen molar-refractivity contribution < 1.29 is 23.4 Å². The van der Waals surface area contributed by atoms with E-state index in [0.29, 0.717) is 6.61 Å². The van der Waals surface area contributed by atoms with Gasteiger partial charge in [-0.3, -0.25) is 0 Å². The van der Waals surface area contributed by atoms with E-state index in [2.05, 4.69) is 52.9 Å². The zero-order valence-electron chi connectivity index (χ0n) is 21.0. The van der Waals surface area contributed by atoms with Crippen molar-refractivity contribution in [3.05, 3.63) is 12.2 Å². The predicted octanol–water partition coefficient (Wildman–Crippen LogP) is 6.18. The van der Waals surface area contributed by atoms with Gasteiger partial charge in [-0.2, -0.15) is 0 Å². The first-order valence-electron chi connectivity index (χ1n) is 11.7. The van der Waals surface area contributed by atoms with Crippen molar-refractivity contribution in [2.75, 3.05) is 6.61 Å². The Balaban J connectivity index is 2.13. The molecule has 0 spiro atoms. The molecule has 2 fully saturated rings. The first-order valence-corrected chi connectivity index (χ1v) is 14.6. The summed E-state index contributed by atoms with van der Waals surface area (Å²) >= 11 is 0. The van der Waals surface area contributed by atoms with Gasteiger partial charge in [0.15, 0.2) is 19.9 Å². The van der Waals surface area contributed by atoms with Crippen LogP contribution >= 0.6 is 0 Å². The van der Waals surface area contributed by atoms with Gasteiger partial charge >= 0.3 is 0 Å². The molecule has 0 aromatic rings. The van der Waals surface area contributed by atoms with Crippen molar-refractivity contribution >= 4 is 8.32 Å². The van der Waals surface area contributed by atoms with Crippen LogP contribution in [0.1, 0.15) is 81.1 Å². The Bertz CT molecular complexity index is 579. The molecule has 0 radical (unpaired) electrons. The largest absolute Gasteiger partial charge is 0.414 e. The Kier molecular flexibility index (Phi) is 8.42. The lowest BCUT2D eigenvalue weighted by Crippen LogP contribution is -2.47. The molecule has 176 valence electrons. The summed E-state index contributed by atoms with van der Waals surface area (Å²) in [5, 5.41) is 0.149. The second-order valence-electron chi connectivity index (χ2n) is 11.2. The number of ether oxygens (including phenoxy) is 4. The van der Waals surface area contributed by atoms with Gasteiger partial charge in [0.1, 0.15) is 24.4 Å². The fraction of sp³-hybridized carbons (Fsp3) is 0.917. The van der Waals surface area contributed by atoms with E-state index in [1.54, 1.807) is 0 Å². The number of hydrogen-bond donors (Lipinski definition) is 0. The summed E-state index contributed by atoms with van der Waals surface area (Å²) in [6.07, 6.45) is 8.31. The monoisotopic (exact) mass is 442 g/mol. The highest BCUT2D eigenvalue weighted by atomic mass is 28.4. The second-order valence-corrected chi connectivity index (χ2v) is 16.0. The van der Waals surface area contributed by atoms with E-state index in [-0.39, 0.29) is 29.5 Å². The van der Waals surface area contributed by atoms with Crippen molar-refractivity contribution in [3.63, 3.8) is 0 Å². The van der Waals surface area contributed by atoms with E-state index in [1.807, 2.05) is 27.7 Å². The van der Waals surface area contributed by atoms with Gasteiger partial charge in [-0.05, 0) is 58.7 Å². The van der Waals surface area contributed by atoms with Crippen LogP contribution in [0.3, 0.4) is 0 Å². The summed E-state index contributed by atoms with van der Waals surface area (Å²) in [5.41, 5.74) is 0. The molecular formula is C24H46O5Si. The SMILES string of the molecule is CCCCC/C=C\[C@@H]1OC(C)(C)O[C@H]1[C@H]1OC(C)(C)O[C@@H]1CO[Si](C)(C)C(C)(C)C. The van der Waals surface area contributed by atoms with Crippen LogP contribution in [0, 0.1) is 0 Å². The van der Waals surface area contributed by atoms with E-state index in [4.69, 9.17) is 23.4 Å². The van der Waals surface area contributed by atoms with Crippen LogP contribution in [-0.4, -0.2) is 50.9 Å². The summed E-state index contributed by atoms with van der Waals surface area (Å²) in [7, 11) is -1.89. The third kappa shape index (κ3) is 6.88. The van der Waals surface area contributed by atoms with Crippen LogP contribution in [-0.2, 0) is 23.4 Å². The maximum atomic E-state index is 6.49. The van der Waals surface area contributed by atoms with Crippen LogP contribution in [0.4, 0.5) is 0 Å². The average molecular weight is 443 g/mol. The topological polar surface area (TPSA) is 46.2 Å². The van der Waals surface area contributed by atoms with E-state index in [1.165, 1.54) is 19.3 Å². The zero-order chi connectivity index (χ0) is 22.8. The lowest BCUT2D eigenvalue weighted by atomic mass is 10.0. The van der Waals surface area contributed by atoms with E-state index >= 15 is 0 Å². The standard InChI is InChI=1S/C24H46O5Si/c1-11-12-13-14-15-16-18-20(28-23(5,6)26-18)21-19(27-24(7,8)29-21)17-25-30(9,10)22(2,3)4/h15-16,18-21H,11-14,17H2,1-10H3/b16-15-/t18-,19+,20+,21-/m0/s1. The van der Waals surface area contributed by atoms with Crippen LogP contribution in [0.25, 0.3) is 0 Å². The summed E-state index contributed by atoms with van der Waals surface area (Å²) in [6.45, 7) is 21.9. The molecule has 0 aromatic heterocycles. The minimum atomic E-state index is -1.89. The van der Waals surface area contributed by atoms with Crippen LogP contribution < -0.4 is 0 Å². The smallest absolute Gasteiger partial charge is 0.192 e. The molecule has 0 bridgehead atoms. The molecule has 2 saturated heterocycles. The molecule has 2 aliphatic rings. The van der Waals surface area contributed by atoms with Gasteiger partial charge < -0.3 is 23.4 Å². The lowest BCUT2D eigenvalue weighted by Gasteiger charge is -2.37. The van der Waals surface area contributed by atoms with Gasteiger partial charge in [-0.1, -0.05) is 52.7 Å². The molecule has 2 aliphatic heterocycles. The summed E-state index contributed by atoms with van der Waals surface area (Å²) in [5.74, 6) is -1.32. The number of rotatable bonds is 9. The van der Waals surface area contributed by atoms with Crippen LogP contribution in [0.15, 0.2) is 12.2 Å². The molecule has 5 nitrogen and oxygen atoms in total. The lowest BCUT2D eigenvalue weighted by molar-refractivity contribution is -0.175. The summed E-state index contributed by atoms with van der Waals surface area (Å²) in [4.78, 5) is 0. The van der Waals surface area contributed by atoms with Crippen molar-refractivity contribution in [1.82, 2.24) is 0 Å². The molecule has 30 heavy (non-hydrogen) atoms. The van der Waals surface area contributed by atoms with Gasteiger partial charge in [0.05, 0.1) is 6.61 Å². The quantitative estimate of drug-likeness (QED) is 0.242. The molecule has 0 saturated carbocycles. The number of unbranched alkanes of at least 4 members (excludes halogenated alkanes) is 3. The Morgan fingerprint density at radius 2 is 1.50 bits per heavy atom. The van der Waals surface area contributed by atoms with Crippen LogP contribution in [0.2, 0.25) is 18.1 Å². The summed E-state index contributed by atoms with van der Waals surface area (Å²) in [6, 6.07) is 0. The first kappa shape index (κ1) is 26.0. The molecule has 2 rings (SSSR count). The van der Waals surface area contributed by atoms with Crippen LogP contribution in [0.5, 0.6) is 0 Å². The Morgan fingerprint density at radius 3 is 2.10 bits per heavy atom. The van der Waals surface area contributed by atoms with E-state index in [9.17, 15) is 0 Å². The van der Waals surface area contributed by atoms with Crippen molar-refractivity contribution in [2.45, 2.75) is 135 Å². The number of allylic oxidation sites excluding steroid dienone is 1. The Hall–Kier alpha value is -0.243. The fourth-order valence-corrected chi connectivity index (χ4v) is 4.75. The minimum Gasteiger partial charge on any atom is -0.414 e. The van der Waals surface area contributed by atoms with E-state index in [0.717, 1.165) is 6.42 Å². The van der Waals surface area contributed by atoms with Crippen molar-refractivity contribution in [1.29, 1.82) is 0 Å². The zero-order valence-corrected chi connectivity index (χ0v) is 22.0. The third-order valence-electron chi connectivity index (χ3n) is 6.42. The van der Waals surface area contributed by atoms with Gasteiger partial charge in [0.25, 0.3) is 0 Å². The van der Waals surface area contributed by atoms with Crippen molar-refractivity contribution in [2.24, 2.45) is 0 Å². The first-order chi connectivity index (χ1) is 13.7. The maximum absolute atomic E-state index is 6.49. The molecule has 0 aliphatic carbocycles. The van der Waals surface area contributed by atoms with Gasteiger partial charge in [0, 0.05) is 0 Å². The molecule has 0 unspecified atom stereocenters. The molecule has 0 aromatic carbocycles. The molecule has 4 atom stereocenters. The van der Waals surface area contributed by atoms with E-state index < -0.39 is 19.9 Å². The Morgan fingerprint density at radius 1 is 0.900 bits per heavy atom. The average Bonchev–Trinajstić information content (AvgIpc) is 3.06. The maximum Gasteiger partial charge on any atom is 0.192 e. The van der Waals surface area contributed by atoms with Gasteiger partial charge in [0.2, 0.25) is 0 Å². The predicted molar refractivity (Wildman–Crippen MR) is 124 cm³/mol. The molecule has 2 heterocycles. The summed E-state index contributed by atoms with van der Waals surface area (Å²) < 4.78 is 31.6. The van der Waals surface area contributed by atoms with Gasteiger partial charge in [-0.25, -0.2) is 0 Å². The Labute approximate surface area is 186 Å². The highest BCUT2D eigenvalue weighted by molar-refractivity contribution is 6.74. The number of hydrogen-bond acceptors (Lipinski definition) is 5. The minimum absolute atomic E-state index is 0.149. The second kappa shape index (κ2) is 9.71. The fourth-order valence-electron chi connectivity index (χ4n) is 3.74. The molecular weight excluding hydrogens is 396 g/mol. The van der Waals surface area contributed by atoms with Crippen molar-refractivity contribution in [3.8, 4) is 0 Å². The molecule has 0 N–H and O–H groups in total. The normalized spacial score (nSPS) is 31.7. The molecule has 6 heteroatoms. The third-order valence-corrected chi connectivity index (χ3v) is 10.9. The highest BCUT2D eigenvalue weighted by Crippen LogP contribution is 2.41. The molecule has 0 amide bonds. The van der Waals surface area contributed by atoms with Gasteiger partial charge in [-0.15, -0.1) is 0 Å². The highest BCUT2D eigenvalue weighted by Gasteiger charge is 2.53.